The van der Waals surface area contributed by atoms with E-state index < -0.39 is 56.9 Å². The van der Waals surface area contributed by atoms with Crippen LogP contribution in [0.15, 0.2) is 71.6 Å². The van der Waals surface area contributed by atoms with E-state index in [1.54, 1.807) is 38.1 Å². The fourth-order valence-corrected chi connectivity index (χ4v) is 5.83. The second kappa shape index (κ2) is 13.1. The van der Waals surface area contributed by atoms with Crippen molar-refractivity contribution >= 4 is 50.7 Å². The van der Waals surface area contributed by atoms with Gasteiger partial charge in [0.2, 0.25) is 11.8 Å². The lowest BCUT2D eigenvalue weighted by Gasteiger charge is -2.32. The standard InChI is InChI=1S/C28H28Cl2F3N3O4S/c1-4-34-27(38)19(3)35(16-20-6-5-7-21(29)14-20)26(37)17-36(41(39,40)23-11-8-18(2)9-12-23)22-10-13-25(30)24(15-22)28(31,32)33/h5-15,19H,4,16-17H2,1-3H3,(H,34,38). The molecular formula is C28H28Cl2F3N3O4S. The molecule has 0 bridgehead atoms. The number of carbonyl (C=O) groups excluding carboxylic acids is 2. The summed E-state index contributed by atoms with van der Waals surface area (Å²) in [6.45, 7) is 4.16. The summed E-state index contributed by atoms with van der Waals surface area (Å²) in [5.41, 5.74) is -0.384. The minimum atomic E-state index is -4.89. The van der Waals surface area contributed by atoms with Crippen molar-refractivity contribution in [3.05, 3.63) is 93.5 Å². The van der Waals surface area contributed by atoms with Crippen molar-refractivity contribution in [1.82, 2.24) is 10.2 Å². The minimum absolute atomic E-state index is 0.121. The molecule has 0 spiro atoms. The number of nitrogens with zero attached hydrogens (tertiary/aromatic N) is 2. The zero-order chi connectivity index (χ0) is 30.5. The number of hydrogen-bond donors (Lipinski definition) is 1. The Labute approximate surface area is 246 Å². The normalized spacial score (nSPS) is 12.5. The average Bonchev–Trinajstić information content (AvgIpc) is 2.90. The first-order chi connectivity index (χ1) is 19.1. The lowest BCUT2D eigenvalue weighted by atomic mass is 10.1. The first kappa shape index (κ1) is 32.2. The maximum atomic E-state index is 13.8. The Morgan fingerprint density at radius 1 is 1.00 bits per heavy atom. The van der Waals surface area contributed by atoms with Gasteiger partial charge < -0.3 is 10.2 Å². The van der Waals surface area contributed by atoms with Gasteiger partial charge in [-0.1, -0.05) is 53.0 Å². The molecule has 220 valence electrons. The minimum Gasteiger partial charge on any atom is -0.355 e. The molecule has 1 unspecified atom stereocenters. The van der Waals surface area contributed by atoms with Crippen molar-refractivity contribution in [2.75, 3.05) is 17.4 Å². The van der Waals surface area contributed by atoms with Crippen LogP contribution in [-0.4, -0.2) is 44.3 Å². The Kier molecular flexibility index (Phi) is 10.3. The number of benzene rings is 3. The van der Waals surface area contributed by atoms with Crippen LogP contribution in [0.1, 0.15) is 30.5 Å². The summed E-state index contributed by atoms with van der Waals surface area (Å²) in [6, 6.07) is 13.7. The van der Waals surface area contributed by atoms with Crippen LogP contribution in [0.3, 0.4) is 0 Å². The number of alkyl halides is 3. The van der Waals surface area contributed by atoms with Crippen molar-refractivity contribution in [3.63, 3.8) is 0 Å². The fraction of sp³-hybridized carbons (Fsp3) is 0.286. The van der Waals surface area contributed by atoms with Gasteiger partial charge in [-0.3, -0.25) is 13.9 Å². The Morgan fingerprint density at radius 2 is 1.66 bits per heavy atom. The van der Waals surface area contributed by atoms with E-state index in [0.29, 0.717) is 21.0 Å². The third kappa shape index (κ3) is 7.93. The number of aryl methyl sites for hydroxylation is 1. The Balaban J connectivity index is 2.13. The second-order valence-corrected chi connectivity index (χ2v) is 11.9. The number of amides is 2. The van der Waals surface area contributed by atoms with Gasteiger partial charge >= 0.3 is 6.18 Å². The summed E-state index contributed by atoms with van der Waals surface area (Å²) < 4.78 is 69.3. The monoisotopic (exact) mass is 629 g/mol. The molecule has 0 fully saturated rings. The summed E-state index contributed by atoms with van der Waals surface area (Å²) >= 11 is 11.9. The maximum absolute atomic E-state index is 13.8. The molecule has 0 saturated carbocycles. The van der Waals surface area contributed by atoms with Crippen molar-refractivity contribution in [2.24, 2.45) is 0 Å². The molecule has 0 aliphatic heterocycles. The van der Waals surface area contributed by atoms with E-state index in [4.69, 9.17) is 23.2 Å². The van der Waals surface area contributed by atoms with Gasteiger partial charge in [-0.05, 0) is 68.8 Å². The largest absolute Gasteiger partial charge is 0.417 e. The van der Waals surface area contributed by atoms with Crippen LogP contribution in [-0.2, 0) is 32.3 Å². The van der Waals surface area contributed by atoms with Gasteiger partial charge in [-0.25, -0.2) is 8.42 Å². The molecular weight excluding hydrogens is 602 g/mol. The lowest BCUT2D eigenvalue weighted by molar-refractivity contribution is -0.139. The highest BCUT2D eigenvalue weighted by Crippen LogP contribution is 2.38. The Hall–Kier alpha value is -3.28. The number of rotatable bonds is 10. The zero-order valence-corrected chi connectivity index (χ0v) is 24.7. The quantitative estimate of drug-likeness (QED) is 0.295. The SMILES string of the molecule is CCNC(=O)C(C)N(Cc1cccc(Cl)c1)C(=O)CN(c1ccc(Cl)c(C(F)(F)F)c1)S(=O)(=O)c1ccc(C)cc1. The predicted molar refractivity (Wildman–Crippen MR) is 152 cm³/mol. The van der Waals surface area contributed by atoms with Gasteiger partial charge in [0.25, 0.3) is 10.0 Å². The highest BCUT2D eigenvalue weighted by Gasteiger charge is 2.37. The van der Waals surface area contributed by atoms with E-state index in [1.807, 2.05) is 0 Å². The third-order valence-electron chi connectivity index (χ3n) is 6.19. The topological polar surface area (TPSA) is 86.8 Å². The van der Waals surface area contributed by atoms with Gasteiger partial charge in [-0.15, -0.1) is 0 Å². The molecule has 1 atom stereocenters. The first-order valence-corrected chi connectivity index (χ1v) is 14.6. The highest BCUT2D eigenvalue weighted by molar-refractivity contribution is 7.92. The molecule has 1 N–H and O–H groups in total. The Morgan fingerprint density at radius 3 is 2.24 bits per heavy atom. The zero-order valence-electron chi connectivity index (χ0n) is 22.4. The van der Waals surface area contributed by atoms with Crippen LogP contribution in [0.5, 0.6) is 0 Å². The number of anilines is 1. The van der Waals surface area contributed by atoms with Gasteiger partial charge in [0, 0.05) is 18.1 Å². The van der Waals surface area contributed by atoms with Crippen LogP contribution < -0.4 is 9.62 Å². The molecule has 13 heteroatoms. The van der Waals surface area contributed by atoms with Crippen molar-refractivity contribution in [1.29, 1.82) is 0 Å². The van der Waals surface area contributed by atoms with Crippen molar-refractivity contribution < 1.29 is 31.2 Å². The number of hydrogen-bond acceptors (Lipinski definition) is 4. The van der Waals surface area contributed by atoms with E-state index in [0.717, 1.165) is 22.6 Å². The van der Waals surface area contributed by atoms with Crippen LogP contribution >= 0.6 is 23.2 Å². The fourth-order valence-electron chi connectivity index (χ4n) is 3.99. The summed E-state index contributed by atoms with van der Waals surface area (Å²) in [6.07, 6.45) is -4.89. The molecule has 0 heterocycles. The number of sulfonamides is 1. The molecule has 3 aromatic rings. The summed E-state index contributed by atoms with van der Waals surface area (Å²) in [4.78, 5) is 27.5. The molecule has 0 radical (unpaired) electrons. The number of halogens is 5. The molecule has 0 aromatic heterocycles. The lowest BCUT2D eigenvalue weighted by Crippen LogP contribution is -2.51. The van der Waals surface area contributed by atoms with Gasteiger partial charge in [0.15, 0.2) is 0 Å². The second-order valence-electron chi connectivity index (χ2n) is 9.21. The van der Waals surface area contributed by atoms with Gasteiger partial charge in [-0.2, -0.15) is 13.2 Å². The van der Waals surface area contributed by atoms with Crippen LogP contribution in [0.25, 0.3) is 0 Å². The highest BCUT2D eigenvalue weighted by atomic mass is 35.5. The molecule has 0 saturated heterocycles. The summed E-state index contributed by atoms with van der Waals surface area (Å²) in [7, 11) is -4.56. The average molecular weight is 631 g/mol. The van der Waals surface area contributed by atoms with Gasteiger partial charge in [0.05, 0.1) is 21.2 Å². The molecule has 3 aromatic carbocycles. The Bertz CT molecular complexity index is 1520. The van der Waals surface area contributed by atoms with E-state index in [2.05, 4.69) is 5.32 Å². The summed E-state index contributed by atoms with van der Waals surface area (Å²) in [5, 5.41) is 2.37. The van der Waals surface area contributed by atoms with Crippen molar-refractivity contribution in [2.45, 2.75) is 44.4 Å². The van der Waals surface area contributed by atoms with E-state index in [9.17, 15) is 31.2 Å². The maximum Gasteiger partial charge on any atom is 0.417 e. The molecule has 0 aliphatic rings. The van der Waals surface area contributed by atoms with Crippen LogP contribution in [0.2, 0.25) is 10.0 Å². The molecule has 2 amide bonds. The van der Waals surface area contributed by atoms with E-state index >= 15 is 0 Å². The molecule has 3 rings (SSSR count). The third-order valence-corrected chi connectivity index (χ3v) is 8.54. The van der Waals surface area contributed by atoms with Gasteiger partial charge in [0.1, 0.15) is 12.6 Å². The number of likely N-dealkylation sites (N-methyl/N-ethyl adjacent to an activating group) is 1. The number of carbonyl (C=O) groups is 2. The molecule has 0 aliphatic carbocycles. The smallest absolute Gasteiger partial charge is 0.355 e. The van der Waals surface area contributed by atoms with Crippen LogP contribution in [0, 0.1) is 6.92 Å². The molecule has 41 heavy (non-hydrogen) atoms. The number of nitrogens with one attached hydrogen (secondary N) is 1. The predicted octanol–water partition coefficient (Wildman–Crippen LogP) is 6.07. The van der Waals surface area contributed by atoms with E-state index in [1.165, 1.54) is 31.2 Å². The van der Waals surface area contributed by atoms with Crippen LogP contribution in [0.4, 0.5) is 18.9 Å². The molecule has 7 nitrogen and oxygen atoms in total. The summed E-state index contributed by atoms with van der Waals surface area (Å²) in [5.74, 6) is -1.33. The first-order valence-electron chi connectivity index (χ1n) is 12.4. The van der Waals surface area contributed by atoms with Crippen molar-refractivity contribution in [3.8, 4) is 0 Å². The van der Waals surface area contributed by atoms with E-state index in [-0.39, 0.29) is 18.0 Å².